The molecule has 0 unspecified atom stereocenters. The molecular weight excluding hydrogens is 516 g/mol. The molecule has 1 aromatic heterocycles. The molecule has 0 atom stereocenters. The van der Waals surface area contributed by atoms with E-state index in [0.717, 1.165) is 54.8 Å². The van der Waals surface area contributed by atoms with Crippen LogP contribution in [0.25, 0.3) is 0 Å². The van der Waals surface area contributed by atoms with Crippen LogP contribution in [0, 0.1) is 19.7 Å². The van der Waals surface area contributed by atoms with E-state index in [1.165, 1.54) is 4.88 Å². The number of ether oxygens (including phenoxy) is 1. The second-order valence-corrected chi connectivity index (χ2v) is 8.29. The fourth-order valence-corrected chi connectivity index (χ4v) is 4.09. The van der Waals surface area contributed by atoms with Crippen LogP contribution < -0.4 is 15.5 Å². The summed E-state index contributed by atoms with van der Waals surface area (Å²) in [5.41, 5.74) is 2.59. The SMILES string of the molecule is CCNC(=NCc1ccc(N2CCOCC2)c(F)c1)NCCc1nc(C)c(C)s1.I. The van der Waals surface area contributed by atoms with Crippen molar-refractivity contribution < 1.29 is 9.13 Å². The first kappa shape index (κ1) is 24.8. The second-order valence-electron chi connectivity index (χ2n) is 7.01. The van der Waals surface area contributed by atoms with Crippen LogP contribution in [0.15, 0.2) is 23.2 Å². The minimum atomic E-state index is -0.202. The summed E-state index contributed by atoms with van der Waals surface area (Å²) in [5, 5.41) is 7.70. The number of nitrogens with zero attached hydrogens (tertiary/aromatic N) is 3. The fraction of sp³-hybridized carbons (Fsp3) is 0.524. The number of benzene rings is 1. The minimum Gasteiger partial charge on any atom is -0.378 e. The van der Waals surface area contributed by atoms with Crippen molar-refractivity contribution >= 4 is 47.0 Å². The number of rotatable bonds is 7. The van der Waals surface area contributed by atoms with E-state index in [1.54, 1.807) is 17.4 Å². The molecule has 0 spiro atoms. The monoisotopic (exact) mass is 547 g/mol. The molecule has 30 heavy (non-hydrogen) atoms. The summed E-state index contributed by atoms with van der Waals surface area (Å²) >= 11 is 1.74. The van der Waals surface area contributed by atoms with Gasteiger partial charge >= 0.3 is 0 Å². The Kier molecular flexibility index (Phi) is 10.3. The van der Waals surface area contributed by atoms with Crippen LogP contribution in [0.1, 0.15) is 28.1 Å². The number of guanidine groups is 1. The fourth-order valence-electron chi connectivity index (χ4n) is 3.16. The molecule has 1 aromatic carbocycles. The van der Waals surface area contributed by atoms with Gasteiger partial charge in [0.2, 0.25) is 0 Å². The molecule has 1 fully saturated rings. The first-order valence-corrected chi connectivity index (χ1v) is 10.9. The largest absolute Gasteiger partial charge is 0.378 e. The van der Waals surface area contributed by atoms with Gasteiger partial charge in [-0.3, -0.25) is 0 Å². The Labute approximate surface area is 199 Å². The molecule has 1 aliphatic rings. The zero-order valence-corrected chi connectivity index (χ0v) is 21.0. The van der Waals surface area contributed by atoms with Gasteiger partial charge in [0.05, 0.1) is 36.1 Å². The summed E-state index contributed by atoms with van der Waals surface area (Å²) in [6.45, 7) is 10.8. The van der Waals surface area contributed by atoms with E-state index in [2.05, 4.69) is 27.5 Å². The van der Waals surface area contributed by atoms with Gasteiger partial charge in [0, 0.05) is 37.5 Å². The molecular formula is C21H31FIN5OS. The molecule has 1 saturated heterocycles. The molecule has 3 rings (SSSR count). The van der Waals surface area contributed by atoms with E-state index < -0.39 is 0 Å². The van der Waals surface area contributed by atoms with Crippen molar-refractivity contribution in [2.45, 2.75) is 33.7 Å². The molecule has 0 aliphatic carbocycles. The van der Waals surface area contributed by atoms with Gasteiger partial charge in [-0.05, 0) is 38.5 Å². The first-order valence-electron chi connectivity index (χ1n) is 10.1. The summed E-state index contributed by atoms with van der Waals surface area (Å²) in [5.74, 6) is 0.530. The third-order valence-electron chi connectivity index (χ3n) is 4.83. The van der Waals surface area contributed by atoms with Crippen LogP contribution in [0.3, 0.4) is 0 Å². The van der Waals surface area contributed by atoms with Crippen molar-refractivity contribution in [3.8, 4) is 0 Å². The first-order chi connectivity index (χ1) is 14.1. The Hall–Kier alpha value is -1.46. The standard InChI is InChI=1S/C21H30FN5OS.HI/c1-4-23-21(24-8-7-20-26-15(2)16(3)29-20)25-14-17-5-6-19(18(22)13-17)27-9-11-28-12-10-27;/h5-6,13H,4,7-12,14H2,1-3H3,(H2,23,24,25);1H. The summed E-state index contributed by atoms with van der Waals surface area (Å²) < 4.78 is 19.9. The summed E-state index contributed by atoms with van der Waals surface area (Å²) in [6, 6.07) is 5.38. The van der Waals surface area contributed by atoms with Crippen LogP contribution in [-0.2, 0) is 17.7 Å². The lowest BCUT2D eigenvalue weighted by molar-refractivity contribution is 0.122. The maximum Gasteiger partial charge on any atom is 0.191 e. The normalized spacial score (nSPS) is 14.4. The van der Waals surface area contributed by atoms with Crippen LogP contribution in [0.2, 0.25) is 0 Å². The number of morpholine rings is 1. The van der Waals surface area contributed by atoms with Gasteiger partial charge in [-0.1, -0.05) is 6.07 Å². The van der Waals surface area contributed by atoms with Crippen molar-refractivity contribution in [1.82, 2.24) is 15.6 Å². The lowest BCUT2D eigenvalue weighted by Gasteiger charge is -2.29. The summed E-state index contributed by atoms with van der Waals surface area (Å²) in [4.78, 5) is 12.5. The van der Waals surface area contributed by atoms with Gasteiger partial charge in [-0.25, -0.2) is 14.4 Å². The third-order valence-corrected chi connectivity index (χ3v) is 5.96. The molecule has 166 valence electrons. The Bertz CT molecular complexity index is 819. The predicted octanol–water partition coefficient (Wildman–Crippen LogP) is 3.65. The van der Waals surface area contributed by atoms with E-state index in [1.807, 2.05) is 30.9 Å². The molecule has 9 heteroatoms. The van der Waals surface area contributed by atoms with E-state index in [9.17, 15) is 4.39 Å². The maximum absolute atomic E-state index is 14.6. The number of hydrogen-bond acceptors (Lipinski definition) is 5. The highest BCUT2D eigenvalue weighted by Crippen LogP contribution is 2.22. The summed E-state index contributed by atoms with van der Waals surface area (Å²) in [6.07, 6.45) is 0.854. The molecule has 1 aliphatic heterocycles. The van der Waals surface area contributed by atoms with Crippen LogP contribution >= 0.6 is 35.3 Å². The van der Waals surface area contributed by atoms with Crippen LogP contribution in [0.4, 0.5) is 10.1 Å². The second kappa shape index (κ2) is 12.4. The maximum atomic E-state index is 14.6. The van der Waals surface area contributed by atoms with Crippen LogP contribution in [0.5, 0.6) is 0 Å². The highest BCUT2D eigenvalue weighted by Gasteiger charge is 2.15. The highest BCUT2D eigenvalue weighted by atomic mass is 127. The van der Waals surface area contributed by atoms with Gasteiger partial charge in [-0.2, -0.15) is 0 Å². The molecule has 6 nitrogen and oxygen atoms in total. The van der Waals surface area contributed by atoms with E-state index in [-0.39, 0.29) is 29.8 Å². The quantitative estimate of drug-likeness (QED) is 0.315. The molecule has 2 heterocycles. The van der Waals surface area contributed by atoms with Crippen LogP contribution in [-0.4, -0.2) is 50.3 Å². The zero-order chi connectivity index (χ0) is 20.6. The van der Waals surface area contributed by atoms with Gasteiger partial charge in [0.1, 0.15) is 5.82 Å². The minimum absolute atomic E-state index is 0. The van der Waals surface area contributed by atoms with Gasteiger partial charge in [0.15, 0.2) is 5.96 Å². The average Bonchev–Trinajstić information content (AvgIpc) is 3.04. The number of aromatic nitrogens is 1. The Morgan fingerprint density at radius 2 is 2.03 bits per heavy atom. The predicted molar refractivity (Wildman–Crippen MR) is 133 cm³/mol. The molecule has 0 radical (unpaired) electrons. The van der Waals surface area contributed by atoms with E-state index in [0.29, 0.717) is 25.4 Å². The lowest BCUT2D eigenvalue weighted by Crippen LogP contribution is -2.38. The number of aliphatic imine (C=N–C) groups is 1. The average molecular weight is 547 g/mol. The third kappa shape index (κ3) is 7.05. The van der Waals surface area contributed by atoms with E-state index >= 15 is 0 Å². The Balaban J connectivity index is 0.00000320. The Morgan fingerprint density at radius 3 is 2.67 bits per heavy atom. The number of nitrogens with one attached hydrogen (secondary N) is 2. The number of hydrogen-bond donors (Lipinski definition) is 2. The zero-order valence-electron chi connectivity index (χ0n) is 17.8. The van der Waals surface area contributed by atoms with Crippen molar-refractivity contribution in [2.24, 2.45) is 4.99 Å². The highest BCUT2D eigenvalue weighted by molar-refractivity contribution is 14.0. The van der Waals surface area contributed by atoms with Gasteiger partial charge in [0.25, 0.3) is 0 Å². The number of anilines is 1. The van der Waals surface area contributed by atoms with Gasteiger partial charge < -0.3 is 20.3 Å². The molecule has 0 saturated carbocycles. The van der Waals surface area contributed by atoms with Crippen molar-refractivity contribution in [3.63, 3.8) is 0 Å². The molecule has 2 aromatic rings. The summed E-state index contributed by atoms with van der Waals surface area (Å²) in [7, 11) is 0. The molecule has 0 bridgehead atoms. The topological polar surface area (TPSA) is 61.8 Å². The number of halogens is 2. The lowest BCUT2D eigenvalue weighted by atomic mass is 10.1. The number of thiazole rings is 1. The molecule has 0 amide bonds. The number of aryl methyl sites for hydroxylation is 2. The molecule has 2 N–H and O–H groups in total. The van der Waals surface area contributed by atoms with Crippen molar-refractivity contribution in [2.75, 3.05) is 44.3 Å². The van der Waals surface area contributed by atoms with E-state index in [4.69, 9.17) is 4.74 Å². The van der Waals surface area contributed by atoms with Gasteiger partial charge in [-0.15, -0.1) is 35.3 Å². The smallest absolute Gasteiger partial charge is 0.191 e. The van der Waals surface area contributed by atoms with Crippen molar-refractivity contribution in [1.29, 1.82) is 0 Å². The van der Waals surface area contributed by atoms with Crippen molar-refractivity contribution in [3.05, 3.63) is 45.2 Å². The Morgan fingerprint density at radius 1 is 1.27 bits per heavy atom.